The predicted molar refractivity (Wildman–Crippen MR) is 104 cm³/mol. The zero-order valence-electron chi connectivity index (χ0n) is 14.3. The highest BCUT2D eigenvalue weighted by Crippen LogP contribution is 2.22. The van der Waals surface area contributed by atoms with Crippen molar-refractivity contribution in [2.75, 3.05) is 17.7 Å². The van der Waals surface area contributed by atoms with E-state index in [-0.39, 0.29) is 0 Å². The second kappa shape index (κ2) is 9.45. The number of anilines is 1. The van der Waals surface area contributed by atoms with Crippen LogP contribution in [0.25, 0.3) is 0 Å². The van der Waals surface area contributed by atoms with E-state index < -0.39 is 0 Å². The second-order valence-corrected chi connectivity index (χ2v) is 6.95. The van der Waals surface area contributed by atoms with Gasteiger partial charge in [-0.15, -0.1) is 0 Å². The third-order valence-electron chi connectivity index (χ3n) is 3.66. The number of ether oxygens (including phenoxy) is 1. The summed E-state index contributed by atoms with van der Waals surface area (Å²) >= 11 is 7.83. The van der Waals surface area contributed by atoms with Crippen molar-refractivity contribution in [3.63, 3.8) is 0 Å². The zero-order chi connectivity index (χ0) is 18.2. The lowest BCUT2D eigenvalue weighted by Crippen LogP contribution is -2.08. The van der Waals surface area contributed by atoms with Gasteiger partial charge in [0.05, 0.1) is 37.1 Å². The molecule has 26 heavy (non-hydrogen) atoms. The monoisotopic (exact) mass is 390 g/mol. The maximum atomic E-state index is 6.06. The molecule has 0 atom stereocenters. The molecular formula is C18H19ClN4O2S. The van der Waals surface area contributed by atoms with Crippen LogP contribution in [0.15, 0.2) is 47.6 Å². The zero-order valence-corrected chi connectivity index (χ0v) is 15.9. The number of hydrogen-bond acceptors (Lipinski definition) is 7. The molecule has 3 rings (SSSR count). The summed E-state index contributed by atoms with van der Waals surface area (Å²) in [6, 6.07) is 5.76. The molecule has 3 aromatic heterocycles. The van der Waals surface area contributed by atoms with E-state index in [1.807, 2.05) is 25.1 Å². The lowest BCUT2D eigenvalue weighted by molar-refractivity contribution is 0.340. The molecule has 1 N–H and O–H groups in total. The van der Waals surface area contributed by atoms with Crippen LogP contribution in [0.3, 0.4) is 0 Å². The van der Waals surface area contributed by atoms with Crippen LogP contribution < -0.4 is 10.1 Å². The molecule has 0 bridgehead atoms. The third kappa shape index (κ3) is 5.12. The molecule has 0 spiro atoms. The SMILES string of the molecule is Cc1c(OCCSCc2ccco2)ccnc1CNc1ncncc1Cl. The van der Waals surface area contributed by atoms with Gasteiger partial charge < -0.3 is 14.5 Å². The highest BCUT2D eigenvalue weighted by atomic mass is 35.5. The minimum Gasteiger partial charge on any atom is -0.492 e. The normalized spacial score (nSPS) is 10.7. The largest absolute Gasteiger partial charge is 0.492 e. The van der Waals surface area contributed by atoms with Crippen LogP contribution in [-0.4, -0.2) is 27.3 Å². The smallest absolute Gasteiger partial charge is 0.148 e. The second-order valence-electron chi connectivity index (χ2n) is 5.43. The minimum absolute atomic E-state index is 0.478. The predicted octanol–water partition coefficient (Wildman–Crippen LogP) is 4.35. The molecule has 0 amide bonds. The van der Waals surface area contributed by atoms with Gasteiger partial charge >= 0.3 is 0 Å². The molecule has 8 heteroatoms. The van der Waals surface area contributed by atoms with E-state index in [9.17, 15) is 0 Å². The summed E-state index contributed by atoms with van der Waals surface area (Å²) in [5, 5.41) is 3.65. The van der Waals surface area contributed by atoms with Gasteiger partial charge in [-0.05, 0) is 25.1 Å². The molecule has 3 heterocycles. The summed E-state index contributed by atoms with van der Waals surface area (Å²) < 4.78 is 11.2. The summed E-state index contributed by atoms with van der Waals surface area (Å²) in [4.78, 5) is 12.4. The molecular weight excluding hydrogens is 372 g/mol. The molecule has 6 nitrogen and oxygen atoms in total. The average molecular weight is 391 g/mol. The van der Waals surface area contributed by atoms with Crippen molar-refractivity contribution >= 4 is 29.2 Å². The van der Waals surface area contributed by atoms with Gasteiger partial charge in [-0.2, -0.15) is 11.8 Å². The van der Waals surface area contributed by atoms with Crippen LogP contribution in [0, 0.1) is 6.92 Å². The molecule has 0 saturated carbocycles. The number of nitrogens with zero attached hydrogens (tertiary/aromatic N) is 3. The quantitative estimate of drug-likeness (QED) is 0.544. The van der Waals surface area contributed by atoms with Crippen LogP contribution in [0.4, 0.5) is 5.82 Å². The highest BCUT2D eigenvalue weighted by Gasteiger charge is 2.08. The summed E-state index contributed by atoms with van der Waals surface area (Å²) in [7, 11) is 0. The van der Waals surface area contributed by atoms with Gasteiger partial charge in [0.15, 0.2) is 0 Å². The van der Waals surface area contributed by atoms with Crippen LogP contribution in [0.2, 0.25) is 5.02 Å². The maximum absolute atomic E-state index is 6.06. The summed E-state index contributed by atoms with van der Waals surface area (Å²) in [6.07, 6.45) is 6.44. The fourth-order valence-corrected chi connectivity index (χ4v) is 3.16. The molecule has 136 valence electrons. The van der Waals surface area contributed by atoms with Gasteiger partial charge in [-0.3, -0.25) is 4.98 Å². The number of thioether (sulfide) groups is 1. The Kier molecular flexibility index (Phi) is 6.74. The highest BCUT2D eigenvalue weighted by molar-refractivity contribution is 7.98. The number of halogens is 1. The molecule has 0 fully saturated rings. The first kappa shape index (κ1) is 18.5. The Balaban J connectivity index is 1.49. The molecule has 0 unspecified atom stereocenters. The lowest BCUT2D eigenvalue weighted by atomic mass is 10.2. The fraction of sp³-hybridized carbons (Fsp3) is 0.278. The first-order valence-electron chi connectivity index (χ1n) is 8.11. The average Bonchev–Trinajstić information content (AvgIpc) is 3.16. The van der Waals surface area contributed by atoms with E-state index in [0.29, 0.717) is 24.0 Å². The van der Waals surface area contributed by atoms with Crippen molar-refractivity contribution in [1.82, 2.24) is 15.0 Å². The summed E-state index contributed by atoms with van der Waals surface area (Å²) in [5.41, 5.74) is 1.89. The van der Waals surface area contributed by atoms with Crippen LogP contribution in [0.1, 0.15) is 17.0 Å². The third-order valence-corrected chi connectivity index (χ3v) is 4.88. The molecule has 0 aliphatic rings. The van der Waals surface area contributed by atoms with Crippen LogP contribution in [-0.2, 0) is 12.3 Å². The van der Waals surface area contributed by atoms with Crippen molar-refractivity contribution in [3.05, 3.63) is 65.2 Å². The Morgan fingerprint density at radius 1 is 1.31 bits per heavy atom. The van der Waals surface area contributed by atoms with E-state index in [1.165, 1.54) is 6.33 Å². The molecule has 0 aliphatic heterocycles. The number of furan rings is 1. The summed E-state index contributed by atoms with van der Waals surface area (Å²) in [5.74, 6) is 4.13. The van der Waals surface area contributed by atoms with Gasteiger partial charge in [0.25, 0.3) is 0 Å². The first-order chi connectivity index (χ1) is 12.7. The maximum Gasteiger partial charge on any atom is 0.148 e. The van der Waals surface area contributed by atoms with Crippen LogP contribution in [0.5, 0.6) is 5.75 Å². The first-order valence-corrected chi connectivity index (χ1v) is 9.64. The van der Waals surface area contributed by atoms with Gasteiger partial charge in [-0.25, -0.2) is 9.97 Å². The van der Waals surface area contributed by atoms with Gasteiger partial charge in [0.2, 0.25) is 0 Å². The van der Waals surface area contributed by atoms with Crippen molar-refractivity contribution in [3.8, 4) is 5.75 Å². The van der Waals surface area contributed by atoms with Crippen molar-refractivity contribution < 1.29 is 9.15 Å². The van der Waals surface area contributed by atoms with Crippen molar-refractivity contribution in [2.45, 2.75) is 19.2 Å². The van der Waals surface area contributed by atoms with Gasteiger partial charge in [0.1, 0.15) is 28.7 Å². The van der Waals surface area contributed by atoms with Crippen molar-refractivity contribution in [1.29, 1.82) is 0 Å². The van der Waals surface area contributed by atoms with E-state index >= 15 is 0 Å². The van der Waals surface area contributed by atoms with E-state index in [0.717, 1.165) is 34.3 Å². The number of hydrogen-bond donors (Lipinski definition) is 1. The molecule has 0 radical (unpaired) electrons. The Morgan fingerprint density at radius 3 is 3.04 bits per heavy atom. The number of aromatic nitrogens is 3. The molecule has 0 saturated heterocycles. The number of rotatable bonds is 9. The summed E-state index contributed by atoms with van der Waals surface area (Å²) in [6.45, 7) is 3.13. The Labute approximate surface area is 161 Å². The van der Waals surface area contributed by atoms with Crippen molar-refractivity contribution in [2.24, 2.45) is 0 Å². The van der Waals surface area contributed by atoms with Gasteiger partial charge in [-0.1, -0.05) is 11.6 Å². The number of pyridine rings is 1. The minimum atomic E-state index is 0.478. The standard InChI is InChI=1S/C18H19ClN4O2S/c1-13-16(10-22-18-15(19)9-20-12-23-18)21-5-4-17(13)25-7-8-26-11-14-3-2-6-24-14/h2-6,9,12H,7-8,10-11H2,1H3,(H,20,22,23). The Bertz CT molecular complexity index is 830. The number of nitrogens with one attached hydrogen (secondary N) is 1. The van der Waals surface area contributed by atoms with E-state index in [4.69, 9.17) is 20.8 Å². The lowest BCUT2D eigenvalue weighted by Gasteiger charge is -2.13. The molecule has 0 aromatic carbocycles. The molecule has 0 aliphatic carbocycles. The van der Waals surface area contributed by atoms with Crippen LogP contribution >= 0.6 is 23.4 Å². The Hall–Kier alpha value is -2.25. The van der Waals surface area contributed by atoms with E-state index in [1.54, 1.807) is 30.4 Å². The van der Waals surface area contributed by atoms with E-state index in [2.05, 4.69) is 20.3 Å². The Morgan fingerprint density at radius 2 is 2.23 bits per heavy atom. The van der Waals surface area contributed by atoms with Gasteiger partial charge in [0, 0.05) is 17.5 Å². The molecule has 3 aromatic rings. The topological polar surface area (TPSA) is 73.1 Å². The fourth-order valence-electron chi connectivity index (χ4n) is 2.28.